The summed E-state index contributed by atoms with van der Waals surface area (Å²) in [4.78, 5) is 24.3. The molecular weight excluding hydrogens is 276 g/mol. The third kappa shape index (κ3) is 2.18. The lowest BCUT2D eigenvalue weighted by Crippen LogP contribution is -2.32. The Kier molecular flexibility index (Phi) is 3.24. The van der Waals surface area contributed by atoms with Crippen LogP contribution in [-0.2, 0) is 22.4 Å². The van der Waals surface area contributed by atoms with Crippen LogP contribution in [0.15, 0.2) is 5.10 Å². The van der Waals surface area contributed by atoms with E-state index in [0.717, 1.165) is 24.8 Å². The first-order valence-corrected chi connectivity index (χ1v) is 7.22. The van der Waals surface area contributed by atoms with Crippen LogP contribution in [0.5, 0.6) is 0 Å². The van der Waals surface area contributed by atoms with Gasteiger partial charge in [0.15, 0.2) is 0 Å². The lowest BCUT2D eigenvalue weighted by Gasteiger charge is -2.11. The zero-order valence-electron chi connectivity index (χ0n) is 10.7. The summed E-state index contributed by atoms with van der Waals surface area (Å²) in [6.45, 7) is 0. The van der Waals surface area contributed by atoms with E-state index in [1.54, 1.807) is 0 Å². The van der Waals surface area contributed by atoms with Crippen LogP contribution in [0.1, 0.15) is 35.3 Å². The molecule has 0 bridgehead atoms. The molecule has 0 unspecified atom stereocenters. The lowest BCUT2D eigenvalue weighted by atomic mass is 10.1. The second-order valence-corrected chi connectivity index (χ2v) is 5.83. The Morgan fingerprint density at radius 2 is 2.20 bits per heavy atom. The van der Waals surface area contributed by atoms with E-state index in [4.69, 9.17) is 0 Å². The molecule has 2 aliphatic rings. The SMILES string of the molecule is N#Cc1c(NC(=O)C2=NNC(=O)CC2)sc2c1CCC2. The van der Waals surface area contributed by atoms with Gasteiger partial charge < -0.3 is 5.32 Å². The zero-order valence-corrected chi connectivity index (χ0v) is 11.5. The maximum absolute atomic E-state index is 12.1. The number of fused-ring (bicyclic) bond motifs is 1. The molecule has 20 heavy (non-hydrogen) atoms. The van der Waals surface area contributed by atoms with Crippen LogP contribution in [0.3, 0.4) is 0 Å². The highest BCUT2D eigenvalue weighted by molar-refractivity contribution is 7.16. The van der Waals surface area contributed by atoms with Crippen LogP contribution in [-0.4, -0.2) is 17.5 Å². The van der Waals surface area contributed by atoms with E-state index in [2.05, 4.69) is 21.9 Å². The highest BCUT2D eigenvalue weighted by Gasteiger charge is 2.25. The van der Waals surface area contributed by atoms with Crippen molar-refractivity contribution < 1.29 is 9.59 Å². The van der Waals surface area contributed by atoms with Crippen molar-refractivity contribution in [3.05, 3.63) is 16.0 Å². The Hall–Kier alpha value is -2.20. The highest BCUT2D eigenvalue weighted by Crippen LogP contribution is 2.38. The minimum Gasteiger partial charge on any atom is -0.311 e. The number of nitrogens with zero attached hydrogens (tertiary/aromatic N) is 2. The second kappa shape index (κ2) is 5.06. The Balaban J connectivity index is 1.80. The van der Waals surface area contributed by atoms with Crippen LogP contribution in [0, 0.1) is 11.3 Å². The maximum Gasteiger partial charge on any atom is 0.272 e. The van der Waals surface area contributed by atoms with Crippen LogP contribution >= 0.6 is 11.3 Å². The molecule has 1 aromatic rings. The highest BCUT2D eigenvalue weighted by atomic mass is 32.1. The summed E-state index contributed by atoms with van der Waals surface area (Å²) in [5.74, 6) is -0.532. The van der Waals surface area contributed by atoms with Gasteiger partial charge in [0, 0.05) is 17.7 Å². The number of amides is 2. The summed E-state index contributed by atoms with van der Waals surface area (Å²) in [7, 11) is 0. The van der Waals surface area contributed by atoms with Crippen molar-refractivity contribution in [1.82, 2.24) is 5.43 Å². The molecule has 0 radical (unpaired) electrons. The number of nitriles is 1. The van der Waals surface area contributed by atoms with Gasteiger partial charge in [-0.1, -0.05) is 0 Å². The summed E-state index contributed by atoms with van der Waals surface area (Å²) < 4.78 is 0. The van der Waals surface area contributed by atoms with Gasteiger partial charge in [-0.15, -0.1) is 11.3 Å². The molecule has 0 saturated heterocycles. The molecule has 3 rings (SSSR count). The molecule has 6 nitrogen and oxygen atoms in total. The van der Waals surface area contributed by atoms with Crippen molar-refractivity contribution in [2.24, 2.45) is 5.10 Å². The van der Waals surface area contributed by atoms with Crippen molar-refractivity contribution in [2.75, 3.05) is 5.32 Å². The van der Waals surface area contributed by atoms with Crippen molar-refractivity contribution in [1.29, 1.82) is 5.26 Å². The van der Waals surface area contributed by atoms with Crippen molar-refractivity contribution in [3.8, 4) is 6.07 Å². The number of hydrazone groups is 1. The van der Waals surface area contributed by atoms with Gasteiger partial charge in [-0.25, -0.2) is 5.43 Å². The molecule has 0 saturated carbocycles. The normalized spacial score (nSPS) is 16.9. The molecule has 0 atom stereocenters. The largest absolute Gasteiger partial charge is 0.311 e. The van der Waals surface area contributed by atoms with Gasteiger partial charge in [0.1, 0.15) is 16.8 Å². The Morgan fingerprint density at radius 1 is 1.35 bits per heavy atom. The first-order valence-electron chi connectivity index (χ1n) is 6.40. The van der Waals surface area contributed by atoms with E-state index in [9.17, 15) is 14.9 Å². The van der Waals surface area contributed by atoms with Gasteiger partial charge in [-0.05, 0) is 24.8 Å². The number of anilines is 1. The average Bonchev–Trinajstić information content (AvgIpc) is 2.99. The summed E-state index contributed by atoms with van der Waals surface area (Å²) in [5, 5.41) is 16.3. The first-order chi connectivity index (χ1) is 9.69. The summed E-state index contributed by atoms with van der Waals surface area (Å²) in [6.07, 6.45) is 3.54. The van der Waals surface area contributed by atoms with Gasteiger partial charge in [0.2, 0.25) is 5.91 Å². The average molecular weight is 288 g/mol. The number of hydrogen-bond donors (Lipinski definition) is 2. The number of nitrogens with one attached hydrogen (secondary N) is 2. The molecule has 7 heteroatoms. The van der Waals surface area contributed by atoms with Crippen LogP contribution in [0.2, 0.25) is 0 Å². The predicted octanol–water partition coefficient (Wildman–Crippen LogP) is 1.31. The minimum absolute atomic E-state index is 0.186. The molecule has 1 aliphatic heterocycles. The molecule has 0 aromatic carbocycles. The zero-order chi connectivity index (χ0) is 14.1. The van der Waals surface area contributed by atoms with E-state index in [-0.39, 0.29) is 18.2 Å². The van der Waals surface area contributed by atoms with Gasteiger partial charge in [0.05, 0.1) is 5.56 Å². The van der Waals surface area contributed by atoms with Crippen molar-refractivity contribution in [2.45, 2.75) is 32.1 Å². The predicted molar refractivity (Wildman–Crippen MR) is 74.5 cm³/mol. The molecule has 0 fully saturated rings. The van der Waals surface area contributed by atoms with E-state index < -0.39 is 0 Å². The Bertz CT molecular complexity index is 669. The van der Waals surface area contributed by atoms with Gasteiger partial charge in [-0.3, -0.25) is 9.59 Å². The fourth-order valence-electron chi connectivity index (χ4n) is 2.42. The fraction of sp³-hybridized carbons (Fsp3) is 0.385. The summed E-state index contributed by atoms with van der Waals surface area (Å²) >= 11 is 1.47. The molecule has 1 aromatic heterocycles. The van der Waals surface area contributed by atoms with E-state index >= 15 is 0 Å². The topological polar surface area (TPSA) is 94.3 Å². The standard InChI is InChI=1S/C13H12N4O2S/c14-6-8-7-2-1-3-10(7)20-13(8)15-12(19)9-4-5-11(18)17-16-9/h1-5H2,(H,15,19)(H,17,18). The second-order valence-electron chi connectivity index (χ2n) is 4.72. The molecule has 0 spiro atoms. The van der Waals surface area contributed by atoms with Gasteiger partial charge in [-0.2, -0.15) is 10.4 Å². The third-order valence-corrected chi connectivity index (χ3v) is 4.63. The number of rotatable bonds is 2. The molecular formula is C13H12N4O2S. The Morgan fingerprint density at radius 3 is 2.90 bits per heavy atom. The monoisotopic (exact) mass is 288 g/mol. The lowest BCUT2D eigenvalue weighted by molar-refractivity contribution is -0.121. The summed E-state index contributed by atoms with van der Waals surface area (Å²) in [5.41, 5.74) is 4.24. The molecule has 102 valence electrons. The maximum atomic E-state index is 12.1. The molecule has 2 amide bonds. The van der Waals surface area contributed by atoms with E-state index in [1.165, 1.54) is 16.2 Å². The number of hydrogen-bond acceptors (Lipinski definition) is 5. The van der Waals surface area contributed by atoms with Crippen LogP contribution < -0.4 is 10.7 Å². The van der Waals surface area contributed by atoms with Crippen LogP contribution in [0.25, 0.3) is 0 Å². The number of carbonyl (C=O) groups is 2. The minimum atomic E-state index is -0.346. The van der Waals surface area contributed by atoms with Crippen molar-refractivity contribution in [3.63, 3.8) is 0 Å². The van der Waals surface area contributed by atoms with E-state index in [0.29, 0.717) is 22.7 Å². The molecule has 2 heterocycles. The number of thiophene rings is 1. The van der Waals surface area contributed by atoms with E-state index in [1.807, 2.05) is 0 Å². The first kappa shape index (κ1) is 12.8. The molecule has 1 aliphatic carbocycles. The van der Waals surface area contributed by atoms with Gasteiger partial charge in [0.25, 0.3) is 5.91 Å². The van der Waals surface area contributed by atoms with Gasteiger partial charge >= 0.3 is 0 Å². The summed E-state index contributed by atoms with van der Waals surface area (Å²) in [6, 6.07) is 2.18. The van der Waals surface area contributed by atoms with Crippen molar-refractivity contribution >= 4 is 33.9 Å². The fourth-order valence-corrected chi connectivity index (χ4v) is 3.66. The molecule has 2 N–H and O–H groups in total. The van der Waals surface area contributed by atoms with Crippen LogP contribution in [0.4, 0.5) is 5.00 Å². The Labute approximate surface area is 119 Å². The number of aryl methyl sites for hydroxylation is 1. The smallest absolute Gasteiger partial charge is 0.272 e. The quantitative estimate of drug-likeness (QED) is 0.859. The number of carbonyl (C=O) groups excluding carboxylic acids is 2. The third-order valence-electron chi connectivity index (χ3n) is 3.43.